The molecule has 1 aromatic carbocycles. The zero-order valence-electron chi connectivity index (χ0n) is 11.3. The molecule has 0 atom stereocenters. The largest absolute Gasteiger partial charge is 0.447 e. The highest BCUT2D eigenvalue weighted by Gasteiger charge is 2.22. The van der Waals surface area contributed by atoms with Crippen molar-refractivity contribution in [3.63, 3.8) is 0 Å². The highest BCUT2D eigenvalue weighted by atomic mass is 16.6. The molecule has 1 aliphatic rings. The first-order valence-electron chi connectivity index (χ1n) is 6.50. The fourth-order valence-electron chi connectivity index (χ4n) is 1.77. The molecular weight excluding hydrogens is 256 g/mol. The molecule has 5 nitrogen and oxygen atoms in total. The van der Waals surface area contributed by atoms with E-state index in [-0.39, 0.29) is 12.0 Å². The summed E-state index contributed by atoms with van der Waals surface area (Å²) in [7, 11) is 0. The smallest absolute Gasteiger partial charge is 0.414 e. The van der Waals surface area contributed by atoms with Gasteiger partial charge in [0.05, 0.1) is 13.1 Å². The van der Waals surface area contributed by atoms with Crippen molar-refractivity contribution in [2.45, 2.75) is 13.3 Å². The monoisotopic (exact) mass is 272 g/mol. The summed E-state index contributed by atoms with van der Waals surface area (Å²) in [5.74, 6) is 5.82. The fraction of sp³-hybridized carbons (Fsp3) is 0.333. The number of anilines is 1. The Hall–Kier alpha value is -2.48. The van der Waals surface area contributed by atoms with Crippen LogP contribution in [-0.4, -0.2) is 31.7 Å². The van der Waals surface area contributed by atoms with Crippen LogP contribution >= 0.6 is 0 Å². The standard InChI is InChI=1S/C15H16N2O3/c1-2-14(18)16-9-3-4-12-5-7-13(8-6-12)17-10-11-20-15(17)19/h5-8H,2,9-11H2,1H3,(H,16,18). The minimum absolute atomic E-state index is 0.0119. The molecule has 1 aliphatic heterocycles. The van der Waals surface area contributed by atoms with Crippen LogP contribution in [0.5, 0.6) is 0 Å². The number of carbonyl (C=O) groups excluding carboxylic acids is 2. The first-order valence-corrected chi connectivity index (χ1v) is 6.50. The van der Waals surface area contributed by atoms with E-state index < -0.39 is 0 Å². The molecular formula is C15H16N2O3. The number of nitrogens with zero attached hydrogens (tertiary/aromatic N) is 1. The van der Waals surface area contributed by atoms with E-state index in [1.54, 1.807) is 11.8 Å². The Balaban J connectivity index is 1.93. The van der Waals surface area contributed by atoms with Crippen molar-refractivity contribution >= 4 is 17.7 Å². The van der Waals surface area contributed by atoms with E-state index in [2.05, 4.69) is 17.2 Å². The molecule has 20 heavy (non-hydrogen) atoms. The molecule has 2 rings (SSSR count). The lowest BCUT2D eigenvalue weighted by Gasteiger charge is -2.11. The zero-order valence-corrected chi connectivity index (χ0v) is 11.3. The number of amides is 2. The van der Waals surface area contributed by atoms with Crippen LogP contribution in [0.1, 0.15) is 18.9 Å². The molecule has 1 fully saturated rings. The minimum Gasteiger partial charge on any atom is -0.447 e. The van der Waals surface area contributed by atoms with Crippen molar-refractivity contribution in [1.29, 1.82) is 0 Å². The lowest BCUT2D eigenvalue weighted by atomic mass is 10.2. The first-order chi connectivity index (χ1) is 9.70. The van der Waals surface area contributed by atoms with Gasteiger partial charge >= 0.3 is 6.09 Å². The molecule has 2 amide bonds. The van der Waals surface area contributed by atoms with Gasteiger partial charge in [-0.15, -0.1) is 0 Å². The number of hydrogen-bond donors (Lipinski definition) is 1. The van der Waals surface area contributed by atoms with Crippen molar-refractivity contribution in [2.75, 3.05) is 24.6 Å². The van der Waals surface area contributed by atoms with Gasteiger partial charge in [-0.1, -0.05) is 18.8 Å². The first kappa shape index (κ1) is 13.9. The summed E-state index contributed by atoms with van der Waals surface area (Å²) in [6.07, 6.45) is 0.147. The summed E-state index contributed by atoms with van der Waals surface area (Å²) in [6.45, 7) is 3.14. The molecule has 0 radical (unpaired) electrons. The average Bonchev–Trinajstić information content (AvgIpc) is 2.90. The maximum atomic E-state index is 11.4. The van der Waals surface area contributed by atoms with Gasteiger partial charge in [-0.25, -0.2) is 4.79 Å². The van der Waals surface area contributed by atoms with Crippen LogP contribution in [0.2, 0.25) is 0 Å². The topological polar surface area (TPSA) is 58.6 Å². The Morgan fingerprint density at radius 2 is 2.15 bits per heavy atom. The fourth-order valence-corrected chi connectivity index (χ4v) is 1.77. The number of nitrogens with one attached hydrogen (secondary N) is 1. The SMILES string of the molecule is CCC(=O)NCC#Cc1ccc(N2CCOC2=O)cc1. The number of benzene rings is 1. The van der Waals surface area contributed by atoms with Crippen LogP contribution in [-0.2, 0) is 9.53 Å². The van der Waals surface area contributed by atoms with Gasteiger partial charge in [0.25, 0.3) is 0 Å². The second-order valence-corrected chi connectivity index (χ2v) is 4.24. The van der Waals surface area contributed by atoms with E-state index in [4.69, 9.17) is 4.74 Å². The van der Waals surface area contributed by atoms with Gasteiger partial charge in [0.2, 0.25) is 5.91 Å². The summed E-state index contributed by atoms with van der Waals surface area (Å²) in [4.78, 5) is 24.0. The Bertz CT molecular complexity index is 555. The van der Waals surface area contributed by atoms with Crippen LogP contribution in [0.25, 0.3) is 0 Å². The van der Waals surface area contributed by atoms with Gasteiger partial charge in [0.15, 0.2) is 0 Å². The van der Waals surface area contributed by atoms with Crippen LogP contribution in [0.4, 0.5) is 10.5 Å². The maximum Gasteiger partial charge on any atom is 0.414 e. The minimum atomic E-state index is -0.314. The third kappa shape index (κ3) is 3.51. The zero-order chi connectivity index (χ0) is 14.4. The molecule has 0 saturated carbocycles. The molecule has 0 aromatic heterocycles. The summed E-state index contributed by atoms with van der Waals surface area (Å²) < 4.78 is 4.88. The quantitative estimate of drug-likeness (QED) is 0.849. The number of rotatable bonds is 3. The number of cyclic esters (lactones) is 1. The van der Waals surface area contributed by atoms with Crippen molar-refractivity contribution in [3.8, 4) is 11.8 Å². The molecule has 1 aromatic rings. The van der Waals surface area contributed by atoms with Crippen molar-refractivity contribution in [2.24, 2.45) is 0 Å². The molecule has 0 unspecified atom stereocenters. The second-order valence-electron chi connectivity index (χ2n) is 4.24. The van der Waals surface area contributed by atoms with E-state index in [1.165, 1.54) is 0 Å². The molecule has 104 valence electrons. The van der Waals surface area contributed by atoms with Crippen LogP contribution in [0.3, 0.4) is 0 Å². The molecule has 1 saturated heterocycles. The van der Waals surface area contributed by atoms with Crippen LogP contribution in [0.15, 0.2) is 24.3 Å². The van der Waals surface area contributed by atoms with Gasteiger partial charge < -0.3 is 10.1 Å². The normalized spacial score (nSPS) is 13.4. The predicted octanol–water partition coefficient (Wildman–Crippen LogP) is 1.52. The van der Waals surface area contributed by atoms with E-state index in [0.717, 1.165) is 11.3 Å². The lowest BCUT2D eigenvalue weighted by molar-refractivity contribution is -0.120. The maximum absolute atomic E-state index is 11.4. The molecule has 5 heteroatoms. The van der Waals surface area contributed by atoms with Gasteiger partial charge in [-0.2, -0.15) is 0 Å². The Morgan fingerprint density at radius 3 is 2.75 bits per heavy atom. The van der Waals surface area contributed by atoms with Crippen molar-refractivity contribution < 1.29 is 14.3 Å². The molecule has 0 bridgehead atoms. The average molecular weight is 272 g/mol. The number of ether oxygens (including phenoxy) is 1. The third-order valence-corrected chi connectivity index (χ3v) is 2.87. The lowest BCUT2D eigenvalue weighted by Crippen LogP contribution is -2.23. The summed E-state index contributed by atoms with van der Waals surface area (Å²) in [5, 5.41) is 2.68. The van der Waals surface area contributed by atoms with Gasteiger partial charge in [0, 0.05) is 17.7 Å². The molecule has 0 spiro atoms. The van der Waals surface area contributed by atoms with Crippen molar-refractivity contribution in [1.82, 2.24) is 5.32 Å². The van der Waals surface area contributed by atoms with E-state index in [9.17, 15) is 9.59 Å². The Labute approximate surface area is 117 Å². The van der Waals surface area contributed by atoms with Crippen molar-refractivity contribution in [3.05, 3.63) is 29.8 Å². The summed E-state index contributed by atoms with van der Waals surface area (Å²) in [6, 6.07) is 7.35. The Kier molecular flexibility index (Phi) is 4.61. The van der Waals surface area contributed by atoms with Gasteiger partial charge in [-0.05, 0) is 24.3 Å². The molecule has 0 aliphatic carbocycles. The summed E-state index contributed by atoms with van der Waals surface area (Å²) >= 11 is 0. The highest BCUT2D eigenvalue weighted by Crippen LogP contribution is 2.18. The van der Waals surface area contributed by atoms with Crippen LogP contribution in [0, 0.1) is 11.8 Å². The molecule has 1 heterocycles. The number of hydrogen-bond acceptors (Lipinski definition) is 3. The number of carbonyl (C=O) groups is 2. The third-order valence-electron chi connectivity index (χ3n) is 2.87. The summed E-state index contributed by atoms with van der Waals surface area (Å²) in [5.41, 5.74) is 1.64. The highest BCUT2D eigenvalue weighted by molar-refractivity contribution is 5.89. The van der Waals surface area contributed by atoms with Gasteiger partial charge in [-0.3, -0.25) is 9.69 Å². The second kappa shape index (κ2) is 6.62. The van der Waals surface area contributed by atoms with Crippen LogP contribution < -0.4 is 10.2 Å². The van der Waals surface area contributed by atoms with E-state index in [0.29, 0.717) is 26.1 Å². The molecule has 1 N–H and O–H groups in total. The van der Waals surface area contributed by atoms with E-state index >= 15 is 0 Å². The Morgan fingerprint density at radius 1 is 1.40 bits per heavy atom. The van der Waals surface area contributed by atoms with Gasteiger partial charge in [0.1, 0.15) is 6.61 Å². The predicted molar refractivity (Wildman–Crippen MR) is 75.3 cm³/mol. The van der Waals surface area contributed by atoms with E-state index in [1.807, 2.05) is 24.3 Å².